The highest BCUT2D eigenvalue weighted by molar-refractivity contribution is 7.90. The van der Waals surface area contributed by atoms with Crippen LogP contribution in [0.3, 0.4) is 0 Å². The van der Waals surface area contributed by atoms with Crippen LogP contribution in [-0.2, 0) is 26.0 Å². The number of carbonyl (C=O) groups excluding carboxylic acids is 2. The summed E-state index contributed by atoms with van der Waals surface area (Å²) in [6.45, 7) is 7.60. The molecule has 1 aliphatic rings. The van der Waals surface area contributed by atoms with Gasteiger partial charge in [0.1, 0.15) is 0 Å². The first-order chi connectivity index (χ1) is 13.8. The van der Waals surface area contributed by atoms with Gasteiger partial charge in [-0.05, 0) is 36.0 Å². The van der Waals surface area contributed by atoms with Gasteiger partial charge < -0.3 is 14.9 Å². The van der Waals surface area contributed by atoms with E-state index in [2.05, 4.69) is 0 Å². The molecule has 1 aliphatic heterocycles. The van der Waals surface area contributed by atoms with Gasteiger partial charge in [-0.25, -0.2) is 13.1 Å². The highest BCUT2D eigenvalue weighted by Crippen LogP contribution is 2.27. The molecule has 0 saturated heterocycles. The molecular weight excluding hydrogens is 407 g/mol. The fraction of sp³-hybridized carbons (Fsp3) is 0.500. The Bertz CT molecular complexity index is 923. The predicted octanol–water partition coefficient (Wildman–Crippen LogP) is 0.887. The maximum atomic E-state index is 12.9. The molecule has 0 aromatic heterocycles. The molecule has 0 atom stereocenters. The highest BCUT2D eigenvalue weighted by Gasteiger charge is 2.33. The number of amides is 2. The molecule has 164 valence electrons. The van der Waals surface area contributed by atoms with Crippen LogP contribution in [0.25, 0.3) is 0 Å². The Hall–Kier alpha value is -2.17. The van der Waals surface area contributed by atoms with E-state index in [-0.39, 0.29) is 10.8 Å². The quantitative estimate of drug-likeness (QED) is 0.546. The van der Waals surface area contributed by atoms with E-state index in [1.807, 2.05) is 18.6 Å². The van der Waals surface area contributed by atoms with E-state index in [1.54, 1.807) is 37.0 Å². The molecule has 0 saturated carbocycles. The van der Waals surface area contributed by atoms with Gasteiger partial charge in [-0.15, -0.1) is 0 Å². The first kappa shape index (κ1) is 24.1. The molecule has 2 amide bonds. The molecule has 30 heavy (non-hydrogen) atoms. The van der Waals surface area contributed by atoms with Gasteiger partial charge >= 0.3 is 7.12 Å². The molecule has 0 aliphatic carbocycles. The van der Waals surface area contributed by atoms with E-state index in [4.69, 9.17) is 0 Å². The SMILES string of the molecule is CC(C)C(=O)NS(=O)(=O)c1ccc(CC(C)(C)C(=O)N2CC=C(B(O)O)CC2)cc1. The van der Waals surface area contributed by atoms with Gasteiger partial charge in [0.15, 0.2) is 0 Å². The molecule has 0 unspecified atom stereocenters. The molecule has 0 bridgehead atoms. The summed E-state index contributed by atoms with van der Waals surface area (Å²) in [5.41, 5.74) is 0.579. The van der Waals surface area contributed by atoms with Crippen molar-refractivity contribution >= 4 is 29.0 Å². The fourth-order valence-electron chi connectivity index (χ4n) is 3.21. The number of rotatable bonds is 7. The Morgan fingerprint density at radius 3 is 2.27 bits per heavy atom. The second-order valence-corrected chi connectivity index (χ2v) is 10.2. The zero-order valence-corrected chi connectivity index (χ0v) is 18.6. The third-order valence-corrected chi connectivity index (χ3v) is 6.44. The lowest BCUT2D eigenvalue weighted by Gasteiger charge is -2.34. The number of nitrogens with zero attached hydrogens (tertiary/aromatic N) is 1. The summed E-state index contributed by atoms with van der Waals surface area (Å²) >= 11 is 0. The van der Waals surface area contributed by atoms with Gasteiger partial charge in [-0.1, -0.05) is 45.9 Å². The second kappa shape index (κ2) is 9.32. The minimum absolute atomic E-state index is 0.0133. The maximum Gasteiger partial charge on any atom is 0.483 e. The normalized spacial score (nSPS) is 15.0. The van der Waals surface area contributed by atoms with Crippen LogP contribution in [0.2, 0.25) is 0 Å². The van der Waals surface area contributed by atoms with E-state index in [1.165, 1.54) is 12.1 Å². The van der Waals surface area contributed by atoms with Crippen LogP contribution < -0.4 is 4.72 Å². The van der Waals surface area contributed by atoms with Gasteiger partial charge in [-0.2, -0.15) is 0 Å². The van der Waals surface area contributed by atoms with Crippen molar-refractivity contribution in [3.05, 3.63) is 41.4 Å². The van der Waals surface area contributed by atoms with Gasteiger partial charge in [0.2, 0.25) is 11.8 Å². The lowest BCUT2D eigenvalue weighted by molar-refractivity contribution is -0.140. The van der Waals surface area contributed by atoms with E-state index >= 15 is 0 Å². The average molecular weight is 436 g/mol. The number of hydrogen-bond donors (Lipinski definition) is 3. The molecular formula is C20H29BN2O6S. The smallest absolute Gasteiger partial charge is 0.423 e. The third-order valence-electron chi connectivity index (χ3n) is 5.08. The van der Waals surface area contributed by atoms with Crippen molar-refractivity contribution in [3.8, 4) is 0 Å². The first-order valence-electron chi connectivity index (χ1n) is 9.83. The Morgan fingerprint density at radius 1 is 1.20 bits per heavy atom. The molecule has 2 rings (SSSR count). The lowest BCUT2D eigenvalue weighted by atomic mass is 9.75. The summed E-state index contributed by atoms with van der Waals surface area (Å²) in [5.74, 6) is -1.09. The van der Waals surface area contributed by atoms with Crippen molar-refractivity contribution < 1.29 is 28.1 Å². The predicted molar refractivity (Wildman–Crippen MR) is 114 cm³/mol. The van der Waals surface area contributed by atoms with E-state index in [0.717, 1.165) is 5.56 Å². The summed E-state index contributed by atoms with van der Waals surface area (Å²) in [4.78, 5) is 26.3. The zero-order valence-electron chi connectivity index (χ0n) is 17.8. The molecule has 1 heterocycles. The monoisotopic (exact) mass is 436 g/mol. The Balaban J connectivity index is 2.07. The summed E-state index contributed by atoms with van der Waals surface area (Å²) in [5, 5.41) is 18.5. The summed E-state index contributed by atoms with van der Waals surface area (Å²) in [6, 6.07) is 6.12. The third kappa shape index (κ3) is 5.93. The summed E-state index contributed by atoms with van der Waals surface area (Å²) in [6.07, 6.45) is 2.47. The molecule has 10 heteroatoms. The molecule has 1 aromatic carbocycles. The number of sulfonamides is 1. The van der Waals surface area contributed by atoms with Crippen molar-refractivity contribution in [2.45, 2.75) is 45.4 Å². The van der Waals surface area contributed by atoms with Crippen LogP contribution in [0.15, 0.2) is 40.7 Å². The first-order valence-corrected chi connectivity index (χ1v) is 11.3. The largest absolute Gasteiger partial charge is 0.483 e. The number of hydrogen-bond acceptors (Lipinski definition) is 6. The molecule has 0 fully saturated rings. The Morgan fingerprint density at radius 2 is 1.80 bits per heavy atom. The van der Waals surface area contributed by atoms with Crippen LogP contribution >= 0.6 is 0 Å². The van der Waals surface area contributed by atoms with Gasteiger partial charge in [0.25, 0.3) is 10.0 Å². The summed E-state index contributed by atoms with van der Waals surface area (Å²) < 4.78 is 26.6. The van der Waals surface area contributed by atoms with Gasteiger partial charge in [0, 0.05) is 24.4 Å². The van der Waals surface area contributed by atoms with Crippen molar-refractivity contribution in [3.63, 3.8) is 0 Å². The van der Waals surface area contributed by atoms with Crippen LogP contribution in [0, 0.1) is 11.3 Å². The standard InChI is InChI=1S/C20H29BN2O6S/c1-14(2)18(24)22-30(28,29)17-7-5-15(6-8-17)13-20(3,4)19(25)23-11-9-16(10-12-23)21(26)27/h5-9,14,26-27H,10-13H2,1-4H3,(H,22,24). The van der Waals surface area contributed by atoms with Crippen LogP contribution in [-0.4, -0.2) is 55.4 Å². The molecule has 0 spiro atoms. The van der Waals surface area contributed by atoms with Crippen molar-refractivity contribution in [2.24, 2.45) is 11.3 Å². The van der Waals surface area contributed by atoms with Crippen molar-refractivity contribution in [1.29, 1.82) is 0 Å². The number of carbonyl (C=O) groups is 2. The minimum atomic E-state index is -3.93. The maximum absolute atomic E-state index is 12.9. The van der Waals surface area contributed by atoms with Crippen molar-refractivity contribution in [1.82, 2.24) is 9.62 Å². The lowest BCUT2D eigenvalue weighted by Crippen LogP contribution is -2.44. The Kier molecular flexibility index (Phi) is 7.49. The topological polar surface area (TPSA) is 124 Å². The van der Waals surface area contributed by atoms with Crippen molar-refractivity contribution in [2.75, 3.05) is 13.1 Å². The highest BCUT2D eigenvalue weighted by atomic mass is 32.2. The summed E-state index contributed by atoms with van der Waals surface area (Å²) in [7, 11) is -5.42. The number of benzene rings is 1. The van der Waals surface area contributed by atoms with E-state index in [0.29, 0.717) is 31.4 Å². The van der Waals surface area contributed by atoms with Crippen LogP contribution in [0.4, 0.5) is 0 Å². The Labute approximate surface area is 178 Å². The minimum Gasteiger partial charge on any atom is -0.423 e. The molecule has 8 nitrogen and oxygen atoms in total. The molecule has 0 radical (unpaired) electrons. The van der Waals surface area contributed by atoms with Gasteiger partial charge in [0.05, 0.1) is 4.90 Å². The average Bonchev–Trinajstić information content (AvgIpc) is 2.67. The molecule has 3 N–H and O–H groups in total. The molecule has 1 aromatic rings. The number of nitrogens with one attached hydrogen (secondary N) is 1. The van der Waals surface area contributed by atoms with Crippen LogP contribution in [0.5, 0.6) is 0 Å². The van der Waals surface area contributed by atoms with Gasteiger partial charge in [-0.3, -0.25) is 9.59 Å². The van der Waals surface area contributed by atoms with Crippen LogP contribution in [0.1, 0.15) is 39.7 Å². The van der Waals surface area contributed by atoms with E-state index < -0.39 is 34.4 Å². The zero-order chi connectivity index (χ0) is 22.7. The fourth-order valence-corrected chi connectivity index (χ4v) is 4.33. The van der Waals surface area contributed by atoms with E-state index in [9.17, 15) is 28.1 Å². The second-order valence-electron chi connectivity index (χ2n) is 8.48.